The Bertz CT molecular complexity index is 604. The highest BCUT2D eigenvalue weighted by Crippen LogP contribution is 2.03. The molecule has 1 N–H and O–H groups in total. The summed E-state index contributed by atoms with van der Waals surface area (Å²) in [6.45, 7) is 0. The van der Waals surface area contributed by atoms with Crippen molar-refractivity contribution in [2.75, 3.05) is 0 Å². The zero-order valence-electron chi connectivity index (χ0n) is 10.5. The van der Waals surface area contributed by atoms with Gasteiger partial charge in [0.05, 0.1) is 12.6 Å². The van der Waals surface area contributed by atoms with Gasteiger partial charge in [0.25, 0.3) is 0 Å². The van der Waals surface area contributed by atoms with Gasteiger partial charge in [0.2, 0.25) is 5.91 Å². The third kappa shape index (κ3) is 3.51. The molecule has 4 nitrogen and oxygen atoms in total. The molecule has 0 atom stereocenters. The zero-order valence-corrected chi connectivity index (χ0v) is 10.5. The first-order valence-electron chi connectivity index (χ1n) is 5.83. The monoisotopic (exact) mass is 259 g/mol. The minimum atomic E-state index is -0.372. The molecule has 0 saturated heterocycles. The van der Waals surface area contributed by atoms with Crippen LogP contribution in [-0.2, 0) is 18.3 Å². The van der Waals surface area contributed by atoms with Crippen LogP contribution in [0.2, 0.25) is 0 Å². The third-order valence-corrected chi connectivity index (χ3v) is 2.69. The maximum absolute atomic E-state index is 13.3. The number of hydrogen-bond acceptors (Lipinski definition) is 2. The van der Waals surface area contributed by atoms with Gasteiger partial charge >= 0.3 is 0 Å². The van der Waals surface area contributed by atoms with Crippen molar-refractivity contribution in [3.05, 3.63) is 59.7 Å². The van der Waals surface area contributed by atoms with Gasteiger partial charge in [-0.15, -0.1) is 0 Å². The van der Waals surface area contributed by atoms with Gasteiger partial charge < -0.3 is 4.57 Å². The Kier molecular flexibility index (Phi) is 4.07. The number of aryl methyl sites for hydroxylation is 1. The summed E-state index contributed by atoms with van der Waals surface area (Å²) in [5, 5.41) is 3.74. The third-order valence-electron chi connectivity index (χ3n) is 2.69. The van der Waals surface area contributed by atoms with Crippen LogP contribution >= 0.6 is 0 Å². The number of amides is 1. The molecule has 0 spiro atoms. The fraction of sp³-hybridized carbons (Fsp3) is 0.143. The quantitative estimate of drug-likeness (QED) is 0.661. The molecular weight excluding hydrogens is 245 g/mol. The lowest BCUT2D eigenvalue weighted by Gasteiger charge is -2.02. The Hall–Kier alpha value is -2.43. The van der Waals surface area contributed by atoms with Crippen LogP contribution in [-0.4, -0.2) is 16.7 Å². The lowest BCUT2D eigenvalue weighted by atomic mass is 10.2. The standard InChI is InChI=1S/C14H14FN3O/c1-18-8-4-6-12(18)9-14(19)17-16-10-11-5-2-3-7-13(11)15/h2-8,10H,9H2,1H3,(H,17,19)/b16-10-. The molecule has 1 aromatic heterocycles. The maximum atomic E-state index is 13.3. The van der Waals surface area contributed by atoms with Crippen molar-refractivity contribution >= 4 is 12.1 Å². The van der Waals surface area contributed by atoms with E-state index in [1.54, 1.807) is 18.2 Å². The number of halogens is 1. The van der Waals surface area contributed by atoms with Crippen LogP contribution in [0.3, 0.4) is 0 Å². The first kappa shape index (κ1) is 13.0. The van der Waals surface area contributed by atoms with Crippen LogP contribution in [0.25, 0.3) is 0 Å². The summed E-state index contributed by atoms with van der Waals surface area (Å²) in [4.78, 5) is 11.6. The van der Waals surface area contributed by atoms with Crippen LogP contribution in [0.4, 0.5) is 4.39 Å². The summed E-state index contributed by atoms with van der Waals surface area (Å²) in [5.41, 5.74) is 3.60. The Labute approximate surface area is 110 Å². The molecule has 0 bridgehead atoms. The smallest absolute Gasteiger partial charge is 0.245 e. The SMILES string of the molecule is Cn1cccc1CC(=O)N/N=C\c1ccccc1F. The first-order valence-corrected chi connectivity index (χ1v) is 5.83. The van der Waals surface area contributed by atoms with Crippen LogP contribution in [0.1, 0.15) is 11.3 Å². The number of aromatic nitrogens is 1. The Morgan fingerprint density at radius 2 is 2.16 bits per heavy atom. The molecule has 0 fully saturated rings. The average molecular weight is 259 g/mol. The highest BCUT2D eigenvalue weighted by atomic mass is 19.1. The molecule has 0 radical (unpaired) electrons. The van der Waals surface area contributed by atoms with E-state index in [1.165, 1.54) is 12.3 Å². The molecule has 1 heterocycles. The van der Waals surface area contributed by atoms with Gasteiger partial charge in [0, 0.05) is 24.5 Å². The predicted molar refractivity (Wildman–Crippen MR) is 71.3 cm³/mol. The van der Waals surface area contributed by atoms with E-state index in [-0.39, 0.29) is 18.1 Å². The van der Waals surface area contributed by atoms with E-state index in [0.29, 0.717) is 5.56 Å². The van der Waals surface area contributed by atoms with Crippen molar-refractivity contribution in [2.24, 2.45) is 12.1 Å². The van der Waals surface area contributed by atoms with Gasteiger partial charge in [0.15, 0.2) is 0 Å². The van der Waals surface area contributed by atoms with Crippen LogP contribution in [0.5, 0.6) is 0 Å². The summed E-state index contributed by atoms with van der Waals surface area (Å²) in [6, 6.07) is 9.96. The van der Waals surface area contributed by atoms with Crippen LogP contribution in [0.15, 0.2) is 47.7 Å². The molecular formula is C14H14FN3O. The molecule has 1 aromatic carbocycles. The van der Waals surface area contributed by atoms with E-state index in [2.05, 4.69) is 10.5 Å². The Balaban J connectivity index is 1.91. The Morgan fingerprint density at radius 1 is 1.37 bits per heavy atom. The van der Waals surface area contributed by atoms with Gasteiger partial charge in [0.1, 0.15) is 5.82 Å². The average Bonchev–Trinajstić information content (AvgIpc) is 2.77. The fourth-order valence-corrected chi connectivity index (χ4v) is 1.64. The molecule has 1 amide bonds. The van der Waals surface area contributed by atoms with Crippen LogP contribution in [0, 0.1) is 5.82 Å². The van der Waals surface area contributed by atoms with Gasteiger partial charge in [-0.2, -0.15) is 5.10 Å². The summed E-state index contributed by atoms with van der Waals surface area (Å²) in [6.07, 6.45) is 3.39. The molecule has 98 valence electrons. The number of rotatable bonds is 4. The molecule has 5 heteroatoms. The van der Waals surface area contributed by atoms with Crippen LogP contribution < -0.4 is 5.43 Å². The summed E-state index contributed by atoms with van der Waals surface area (Å²) < 4.78 is 15.1. The number of carbonyl (C=O) groups is 1. The molecule has 0 aliphatic carbocycles. The van der Waals surface area contributed by atoms with E-state index in [1.807, 2.05) is 29.9 Å². The molecule has 0 saturated carbocycles. The zero-order chi connectivity index (χ0) is 13.7. The van der Waals surface area contributed by atoms with E-state index in [0.717, 1.165) is 5.69 Å². The maximum Gasteiger partial charge on any atom is 0.245 e. The molecule has 0 aliphatic heterocycles. The number of hydrogen-bond donors (Lipinski definition) is 1. The van der Waals surface area contributed by atoms with Gasteiger partial charge in [-0.1, -0.05) is 18.2 Å². The molecule has 2 rings (SSSR count). The summed E-state index contributed by atoms with van der Waals surface area (Å²) in [7, 11) is 1.87. The lowest BCUT2D eigenvalue weighted by Crippen LogP contribution is -2.20. The number of benzene rings is 1. The highest BCUT2D eigenvalue weighted by molar-refractivity contribution is 5.83. The Morgan fingerprint density at radius 3 is 2.84 bits per heavy atom. The second kappa shape index (κ2) is 5.95. The minimum Gasteiger partial charge on any atom is -0.354 e. The van der Waals surface area contributed by atoms with E-state index in [4.69, 9.17) is 0 Å². The van der Waals surface area contributed by atoms with Crippen molar-refractivity contribution in [1.82, 2.24) is 9.99 Å². The predicted octanol–water partition coefficient (Wildman–Crippen LogP) is 1.86. The van der Waals surface area contributed by atoms with Crippen molar-refractivity contribution in [2.45, 2.75) is 6.42 Å². The van der Waals surface area contributed by atoms with Crippen molar-refractivity contribution in [1.29, 1.82) is 0 Å². The topological polar surface area (TPSA) is 46.4 Å². The van der Waals surface area contributed by atoms with E-state index < -0.39 is 0 Å². The van der Waals surface area contributed by atoms with Gasteiger partial charge in [-0.05, 0) is 18.2 Å². The summed E-state index contributed by atoms with van der Waals surface area (Å²) >= 11 is 0. The number of carbonyl (C=O) groups excluding carboxylic acids is 1. The van der Waals surface area contributed by atoms with E-state index in [9.17, 15) is 9.18 Å². The van der Waals surface area contributed by atoms with E-state index >= 15 is 0 Å². The highest BCUT2D eigenvalue weighted by Gasteiger charge is 2.04. The van der Waals surface area contributed by atoms with Crippen molar-refractivity contribution < 1.29 is 9.18 Å². The summed E-state index contributed by atoms with van der Waals surface area (Å²) in [5.74, 6) is -0.614. The second-order valence-electron chi connectivity index (χ2n) is 4.10. The number of hydrazone groups is 1. The fourth-order valence-electron chi connectivity index (χ4n) is 1.64. The lowest BCUT2D eigenvalue weighted by molar-refractivity contribution is -0.120. The number of nitrogens with zero attached hydrogens (tertiary/aromatic N) is 2. The molecule has 19 heavy (non-hydrogen) atoms. The van der Waals surface area contributed by atoms with Crippen molar-refractivity contribution in [3.63, 3.8) is 0 Å². The van der Waals surface area contributed by atoms with Gasteiger partial charge in [-0.25, -0.2) is 9.82 Å². The van der Waals surface area contributed by atoms with Gasteiger partial charge in [-0.3, -0.25) is 4.79 Å². The molecule has 2 aromatic rings. The second-order valence-corrected chi connectivity index (χ2v) is 4.10. The molecule has 0 unspecified atom stereocenters. The largest absolute Gasteiger partial charge is 0.354 e. The molecule has 0 aliphatic rings. The number of nitrogens with one attached hydrogen (secondary N) is 1. The normalized spacial score (nSPS) is 10.8. The minimum absolute atomic E-state index is 0.234. The van der Waals surface area contributed by atoms with Crippen molar-refractivity contribution in [3.8, 4) is 0 Å². The first-order chi connectivity index (χ1) is 9.16.